The van der Waals surface area contributed by atoms with E-state index in [0.717, 1.165) is 44.9 Å². The monoisotopic (exact) mass is 311 g/mol. The first-order valence-electron chi connectivity index (χ1n) is 7.85. The molecule has 0 radical (unpaired) electrons. The number of nitrogens with zero attached hydrogens (tertiary/aromatic N) is 1. The summed E-state index contributed by atoms with van der Waals surface area (Å²) in [7, 11) is 0.297. The van der Waals surface area contributed by atoms with E-state index >= 15 is 0 Å². The number of rotatable bonds is 9. The number of aliphatic hydroxyl groups is 1. The van der Waals surface area contributed by atoms with Crippen molar-refractivity contribution in [1.82, 2.24) is 10.2 Å². The summed E-state index contributed by atoms with van der Waals surface area (Å²) in [6.07, 6.45) is 3.09. The molecule has 22 heavy (non-hydrogen) atoms. The van der Waals surface area contributed by atoms with E-state index in [1.807, 2.05) is 20.0 Å². The third-order valence-electron chi connectivity index (χ3n) is 4.22. The van der Waals surface area contributed by atoms with E-state index in [9.17, 15) is 5.11 Å². The van der Waals surface area contributed by atoms with Gasteiger partial charge in [-0.05, 0) is 39.4 Å². The fourth-order valence-corrected chi connectivity index (χ4v) is 1.82. The van der Waals surface area contributed by atoms with Gasteiger partial charge in [0.25, 0.3) is 0 Å². The van der Waals surface area contributed by atoms with Crippen LogP contribution >= 0.6 is 0 Å². The maximum absolute atomic E-state index is 10.1. The molecule has 1 saturated heterocycles. The van der Waals surface area contributed by atoms with Gasteiger partial charge >= 0.3 is 7.48 Å². The minimum absolute atomic E-state index is 0.297. The first-order valence-corrected chi connectivity index (χ1v) is 7.85. The number of hydrogen-bond acceptors (Lipinski definition) is 6. The predicted octanol–water partition coefficient (Wildman–Crippen LogP) is 0.317. The second-order valence-corrected chi connectivity index (χ2v) is 6.63. The zero-order valence-corrected chi connectivity index (χ0v) is 14.3. The molecule has 0 aromatic carbocycles. The summed E-state index contributed by atoms with van der Waals surface area (Å²) in [6.45, 7) is 12.5. The average Bonchev–Trinajstić information content (AvgIpc) is 2.46. The molecule has 1 aliphatic heterocycles. The van der Waals surface area contributed by atoms with E-state index in [0.29, 0.717) is 7.48 Å². The number of morpholine rings is 1. The van der Waals surface area contributed by atoms with Crippen LogP contribution < -0.4 is 5.32 Å². The van der Waals surface area contributed by atoms with E-state index < -0.39 is 11.2 Å². The van der Waals surface area contributed by atoms with Crippen LogP contribution in [0.15, 0.2) is 11.7 Å². The highest BCUT2D eigenvalue weighted by Gasteiger charge is 2.35. The van der Waals surface area contributed by atoms with Crippen LogP contribution in [0.25, 0.3) is 0 Å². The zero-order valence-electron chi connectivity index (χ0n) is 14.3. The molecule has 0 saturated carbocycles. The van der Waals surface area contributed by atoms with Crippen LogP contribution in [0.3, 0.4) is 0 Å². The van der Waals surface area contributed by atoms with Gasteiger partial charge in [-0.15, -0.1) is 0 Å². The Balaban J connectivity index is 2.32. The Morgan fingerprint density at radius 3 is 2.55 bits per heavy atom. The van der Waals surface area contributed by atoms with Crippen LogP contribution in [-0.4, -0.2) is 74.3 Å². The van der Waals surface area contributed by atoms with E-state index in [-0.39, 0.29) is 0 Å². The average molecular weight is 311 g/mol. The maximum Gasteiger partial charge on any atom is 0.312 e. The molecule has 1 fully saturated rings. The van der Waals surface area contributed by atoms with E-state index in [1.165, 1.54) is 6.21 Å². The van der Waals surface area contributed by atoms with Crippen molar-refractivity contribution in [2.45, 2.75) is 38.9 Å². The molecular weight excluding hydrogens is 281 g/mol. The fourth-order valence-electron chi connectivity index (χ4n) is 1.82. The molecule has 6 nitrogen and oxygen atoms in total. The van der Waals surface area contributed by atoms with Gasteiger partial charge in [-0.1, -0.05) is 0 Å². The highest BCUT2D eigenvalue weighted by atomic mass is 16.5. The lowest BCUT2D eigenvalue weighted by Crippen LogP contribution is -2.48. The van der Waals surface area contributed by atoms with Crippen molar-refractivity contribution in [3.05, 3.63) is 11.7 Å². The normalized spacial score (nSPS) is 18.1. The Hall–Kier alpha value is -0.885. The molecule has 0 bridgehead atoms. The van der Waals surface area contributed by atoms with Crippen LogP contribution in [0.5, 0.6) is 0 Å². The maximum atomic E-state index is 10.1. The molecule has 0 unspecified atom stereocenters. The number of nitrogens with one attached hydrogen (secondary N) is 2. The lowest BCUT2D eigenvalue weighted by Gasteiger charge is -2.37. The van der Waals surface area contributed by atoms with Crippen molar-refractivity contribution in [1.29, 1.82) is 5.41 Å². The molecule has 1 heterocycles. The predicted molar refractivity (Wildman–Crippen MR) is 90.7 cm³/mol. The van der Waals surface area contributed by atoms with Gasteiger partial charge < -0.3 is 25.2 Å². The van der Waals surface area contributed by atoms with Crippen molar-refractivity contribution < 1.29 is 14.5 Å². The van der Waals surface area contributed by atoms with Gasteiger partial charge in [0, 0.05) is 32.4 Å². The summed E-state index contributed by atoms with van der Waals surface area (Å²) in [5, 5.41) is 20.7. The summed E-state index contributed by atoms with van der Waals surface area (Å²) in [5.74, 6) is 0. The van der Waals surface area contributed by atoms with Gasteiger partial charge in [0.15, 0.2) is 0 Å². The lowest BCUT2D eigenvalue weighted by atomic mass is 9.83. The van der Waals surface area contributed by atoms with Crippen LogP contribution in [-0.2, 0) is 9.39 Å². The number of hydrogen-bond donors (Lipinski definition) is 3. The Labute approximate surface area is 134 Å². The standard InChI is InChI=1S/C15H30BN3O3/c1-14(2,20)15(3,4)22-16-13(11-17)12-18-5-6-19-7-9-21-10-8-19/h11-12,16-18,20H,5-10H2,1-4H3/b13-12+,17-11?. The van der Waals surface area contributed by atoms with Crippen molar-refractivity contribution in [3.8, 4) is 0 Å². The van der Waals surface area contributed by atoms with Gasteiger partial charge in [-0.3, -0.25) is 4.90 Å². The van der Waals surface area contributed by atoms with Crippen LogP contribution in [0.4, 0.5) is 0 Å². The van der Waals surface area contributed by atoms with Crippen molar-refractivity contribution in [2.24, 2.45) is 0 Å². The van der Waals surface area contributed by atoms with Gasteiger partial charge in [0.1, 0.15) is 0 Å². The fraction of sp³-hybridized carbons (Fsp3) is 0.800. The second-order valence-electron chi connectivity index (χ2n) is 6.63. The minimum Gasteiger partial charge on any atom is -0.427 e. The molecule has 0 amide bonds. The first-order chi connectivity index (χ1) is 10.3. The van der Waals surface area contributed by atoms with Crippen molar-refractivity contribution in [3.63, 3.8) is 0 Å². The molecule has 1 aliphatic rings. The van der Waals surface area contributed by atoms with E-state index in [2.05, 4.69) is 10.2 Å². The molecule has 0 spiro atoms. The SMILES string of the molecule is CC(C)(O)C(C)(C)OB/C(C=N)=C/NCCN1CCOCC1. The van der Waals surface area contributed by atoms with Crippen molar-refractivity contribution in [2.75, 3.05) is 39.4 Å². The molecular formula is C15H30BN3O3. The summed E-state index contributed by atoms with van der Waals surface area (Å²) >= 11 is 0. The van der Waals surface area contributed by atoms with E-state index in [4.69, 9.17) is 14.8 Å². The minimum atomic E-state index is -0.941. The van der Waals surface area contributed by atoms with Gasteiger partial charge in [-0.2, -0.15) is 0 Å². The highest BCUT2D eigenvalue weighted by Crippen LogP contribution is 2.24. The molecule has 0 aliphatic carbocycles. The largest absolute Gasteiger partial charge is 0.427 e. The summed E-state index contributed by atoms with van der Waals surface area (Å²) in [6, 6.07) is 0. The van der Waals surface area contributed by atoms with Gasteiger partial charge in [0.2, 0.25) is 0 Å². The summed E-state index contributed by atoms with van der Waals surface area (Å²) in [5.41, 5.74) is -0.869. The summed E-state index contributed by atoms with van der Waals surface area (Å²) < 4.78 is 11.1. The molecule has 0 aromatic heterocycles. The molecule has 3 N–H and O–H groups in total. The zero-order chi connectivity index (χ0) is 16.6. The van der Waals surface area contributed by atoms with Gasteiger partial charge in [-0.25, -0.2) is 0 Å². The highest BCUT2D eigenvalue weighted by molar-refractivity contribution is 6.45. The number of allylic oxidation sites excluding steroid dienone is 1. The Morgan fingerprint density at radius 2 is 2.00 bits per heavy atom. The molecule has 7 heteroatoms. The number of ether oxygens (including phenoxy) is 1. The van der Waals surface area contributed by atoms with Gasteiger partial charge in [0.05, 0.1) is 24.4 Å². The summed E-state index contributed by atoms with van der Waals surface area (Å²) in [4.78, 5) is 2.35. The molecule has 0 atom stereocenters. The third-order valence-corrected chi connectivity index (χ3v) is 4.22. The molecule has 1 rings (SSSR count). The second kappa shape index (κ2) is 8.67. The Bertz CT molecular complexity index is 375. The van der Waals surface area contributed by atoms with Crippen LogP contribution in [0, 0.1) is 5.41 Å². The topological polar surface area (TPSA) is 77.8 Å². The van der Waals surface area contributed by atoms with Crippen LogP contribution in [0.1, 0.15) is 27.7 Å². The third kappa shape index (κ3) is 6.48. The Morgan fingerprint density at radius 1 is 1.36 bits per heavy atom. The van der Waals surface area contributed by atoms with Crippen LogP contribution in [0.2, 0.25) is 0 Å². The molecule has 0 aromatic rings. The van der Waals surface area contributed by atoms with E-state index in [1.54, 1.807) is 13.8 Å². The lowest BCUT2D eigenvalue weighted by molar-refractivity contribution is -0.0895. The quantitative estimate of drug-likeness (QED) is 0.325. The first kappa shape index (κ1) is 19.2. The van der Waals surface area contributed by atoms with Crippen molar-refractivity contribution >= 4 is 13.7 Å². The Kier molecular flexibility index (Phi) is 7.55. The smallest absolute Gasteiger partial charge is 0.312 e. The molecule has 126 valence electrons.